The number of hydrogen-bond donors (Lipinski definition) is 2. The first kappa shape index (κ1) is 25.4. The summed E-state index contributed by atoms with van der Waals surface area (Å²) in [7, 11) is -4.22. The average Bonchev–Trinajstić information content (AvgIpc) is 3.10. The molecule has 8 heteroatoms. The fraction of sp³-hybridized carbons (Fsp3) is 0.960. The summed E-state index contributed by atoms with van der Waals surface area (Å²) >= 11 is 0. The third kappa shape index (κ3) is 4.50. The highest BCUT2D eigenvalue weighted by Gasteiger charge is 2.63. The molecule has 0 bridgehead atoms. The summed E-state index contributed by atoms with van der Waals surface area (Å²) in [6, 6.07) is 0. The first-order valence-electron chi connectivity index (χ1n) is 12.9. The maximum absolute atomic E-state index is 12.3. The van der Waals surface area contributed by atoms with E-state index in [1.54, 1.807) is 0 Å². The lowest BCUT2D eigenvalue weighted by molar-refractivity contribution is -0.163. The normalized spacial score (nSPS) is 46.2. The number of carboxylic acids is 1. The van der Waals surface area contributed by atoms with Crippen molar-refractivity contribution in [1.29, 1.82) is 0 Å². The number of hydrogen-bond acceptors (Lipinski definition) is 6. The molecule has 4 fully saturated rings. The minimum absolute atomic E-state index is 0.0825. The van der Waals surface area contributed by atoms with Crippen LogP contribution in [0.25, 0.3) is 0 Å². The molecule has 0 heterocycles. The molecule has 0 saturated heterocycles. The van der Waals surface area contributed by atoms with Crippen LogP contribution < -0.4 is 5.90 Å². The molecule has 0 radical (unpaired) electrons. The van der Waals surface area contributed by atoms with Gasteiger partial charge in [0.25, 0.3) is 0 Å². The summed E-state index contributed by atoms with van der Waals surface area (Å²) < 4.78 is 34.6. The third-order valence-corrected chi connectivity index (χ3v) is 11.6. The highest BCUT2D eigenvalue weighted by atomic mass is 32.3. The minimum Gasteiger partial charge on any atom is -0.481 e. The van der Waals surface area contributed by atoms with Crippen LogP contribution in [0.1, 0.15) is 91.9 Å². The Morgan fingerprint density at radius 3 is 2.42 bits per heavy atom. The molecule has 190 valence electrons. The second kappa shape index (κ2) is 9.07. The number of rotatable bonds is 7. The lowest BCUT2D eigenvalue weighted by Crippen LogP contribution is -2.59. The van der Waals surface area contributed by atoms with Crippen LogP contribution in [0, 0.1) is 52.3 Å². The fourth-order valence-electron chi connectivity index (χ4n) is 9.21. The van der Waals surface area contributed by atoms with Gasteiger partial charge in [0.05, 0.1) is 6.10 Å². The average molecular weight is 486 g/mol. The molecule has 3 N–H and O–H groups in total. The SMILES string of the molecule is C[C@@H]1CC[C@@]2(C)[C@@H](C1)C[C@H](OS(=O)(=O)ON)[C@@H]1[C@@H]2CC[C@]2(C)[C@@H]([C@H](C)CCC(=O)O)CC[C@@H]12. The lowest BCUT2D eigenvalue weighted by Gasteiger charge is -2.63. The first-order chi connectivity index (χ1) is 15.4. The Hall–Kier alpha value is -0.700. The lowest BCUT2D eigenvalue weighted by atomic mass is 9.43. The smallest absolute Gasteiger partial charge is 0.416 e. The number of fused-ring (bicyclic) bond motifs is 5. The third-order valence-electron chi connectivity index (χ3n) is 10.9. The zero-order valence-electron chi connectivity index (χ0n) is 20.7. The second-order valence-electron chi connectivity index (χ2n) is 12.4. The molecule has 4 rings (SSSR count). The molecule has 4 saturated carbocycles. The van der Waals surface area contributed by atoms with Crippen LogP contribution in [-0.4, -0.2) is 25.6 Å². The first-order valence-corrected chi connectivity index (χ1v) is 14.3. The van der Waals surface area contributed by atoms with Crippen LogP contribution in [0.15, 0.2) is 0 Å². The molecule has 0 spiro atoms. The van der Waals surface area contributed by atoms with Crippen molar-refractivity contribution in [3.63, 3.8) is 0 Å². The number of carbonyl (C=O) groups is 1. The Morgan fingerprint density at radius 1 is 1.09 bits per heavy atom. The van der Waals surface area contributed by atoms with Crippen LogP contribution in [0.3, 0.4) is 0 Å². The second-order valence-corrected chi connectivity index (χ2v) is 13.6. The van der Waals surface area contributed by atoms with Gasteiger partial charge >= 0.3 is 16.4 Å². The van der Waals surface area contributed by atoms with Gasteiger partial charge in [0.15, 0.2) is 0 Å². The van der Waals surface area contributed by atoms with E-state index in [2.05, 4.69) is 32.0 Å². The predicted octanol–water partition coefficient (Wildman–Crippen LogP) is 4.91. The van der Waals surface area contributed by atoms with E-state index in [0.29, 0.717) is 41.9 Å². The summed E-state index contributed by atoms with van der Waals surface area (Å²) in [4.78, 5) is 11.2. The Bertz CT molecular complexity index is 848. The van der Waals surface area contributed by atoms with Gasteiger partial charge in [0, 0.05) is 6.42 Å². The molecule has 4 aliphatic carbocycles. The Balaban J connectivity index is 1.65. The highest BCUT2D eigenvalue weighted by molar-refractivity contribution is 7.81. The summed E-state index contributed by atoms with van der Waals surface area (Å²) in [5, 5.41) is 9.18. The van der Waals surface area contributed by atoms with E-state index in [-0.39, 0.29) is 23.2 Å². The van der Waals surface area contributed by atoms with Gasteiger partial charge in [0.1, 0.15) is 0 Å². The van der Waals surface area contributed by atoms with E-state index in [1.165, 1.54) is 12.8 Å². The van der Waals surface area contributed by atoms with Crippen molar-refractivity contribution in [3.8, 4) is 0 Å². The minimum atomic E-state index is -4.22. The van der Waals surface area contributed by atoms with E-state index >= 15 is 0 Å². The van der Waals surface area contributed by atoms with Gasteiger partial charge in [-0.25, -0.2) is 4.18 Å². The predicted molar refractivity (Wildman–Crippen MR) is 125 cm³/mol. The van der Waals surface area contributed by atoms with Gasteiger partial charge in [-0.3, -0.25) is 4.79 Å². The van der Waals surface area contributed by atoms with Gasteiger partial charge in [-0.15, -0.1) is 0 Å². The molecule has 0 aromatic rings. The topological polar surface area (TPSA) is 116 Å². The van der Waals surface area contributed by atoms with Crippen LogP contribution in [-0.2, 0) is 23.7 Å². The molecular formula is C25H43NO6S. The van der Waals surface area contributed by atoms with Crippen LogP contribution in [0.2, 0.25) is 0 Å². The van der Waals surface area contributed by atoms with Gasteiger partial charge < -0.3 is 5.11 Å². The molecule has 0 aromatic heterocycles. The Kier molecular flexibility index (Phi) is 6.98. The monoisotopic (exact) mass is 485 g/mol. The van der Waals surface area contributed by atoms with Crippen molar-refractivity contribution in [2.24, 2.45) is 58.2 Å². The van der Waals surface area contributed by atoms with Gasteiger partial charge in [-0.1, -0.05) is 34.1 Å². The maximum atomic E-state index is 12.3. The molecule has 10 atom stereocenters. The number of carboxylic acid groups (broad SMARTS) is 1. The maximum Gasteiger partial charge on any atom is 0.416 e. The van der Waals surface area contributed by atoms with Crippen LogP contribution in [0.5, 0.6) is 0 Å². The van der Waals surface area contributed by atoms with Crippen molar-refractivity contribution >= 4 is 16.4 Å². The van der Waals surface area contributed by atoms with E-state index < -0.39 is 22.5 Å². The van der Waals surface area contributed by atoms with Crippen molar-refractivity contribution in [2.75, 3.05) is 0 Å². The zero-order valence-corrected chi connectivity index (χ0v) is 21.5. The molecule has 0 unspecified atom stereocenters. The Morgan fingerprint density at radius 2 is 1.76 bits per heavy atom. The fourth-order valence-corrected chi connectivity index (χ4v) is 9.77. The van der Waals surface area contributed by atoms with E-state index in [4.69, 9.17) is 10.1 Å². The summed E-state index contributed by atoms with van der Waals surface area (Å²) in [5.74, 6) is 7.22. The largest absolute Gasteiger partial charge is 0.481 e. The van der Waals surface area contributed by atoms with Crippen molar-refractivity contribution in [3.05, 3.63) is 0 Å². The highest BCUT2D eigenvalue weighted by Crippen LogP contribution is 2.69. The molecule has 33 heavy (non-hydrogen) atoms. The van der Waals surface area contributed by atoms with Gasteiger partial charge in [0.2, 0.25) is 0 Å². The summed E-state index contributed by atoms with van der Waals surface area (Å²) in [6.45, 7) is 9.34. The van der Waals surface area contributed by atoms with Crippen molar-refractivity contribution in [1.82, 2.24) is 0 Å². The van der Waals surface area contributed by atoms with E-state index in [1.807, 2.05) is 0 Å². The summed E-state index contributed by atoms with van der Waals surface area (Å²) in [5.41, 5.74) is 0.303. The van der Waals surface area contributed by atoms with Crippen LogP contribution in [0.4, 0.5) is 0 Å². The Labute approximate surface area is 199 Å². The zero-order chi connectivity index (χ0) is 24.2. The van der Waals surface area contributed by atoms with E-state index in [0.717, 1.165) is 38.5 Å². The van der Waals surface area contributed by atoms with E-state index in [9.17, 15) is 18.3 Å². The van der Waals surface area contributed by atoms with Crippen molar-refractivity contribution in [2.45, 2.75) is 98.0 Å². The molecule has 7 nitrogen and oxygen atoms in total. The number of aliphatic carboxylic acids is 1. The van der Waals surface area contributed by atoms with Crippen LogP contribution >= 0.6 is 0 Å². The molecule has 4 aliphatic rings. The molecular weight excluding hydrogens is 442 g/mol. The van der Waals surface area contributed by atoms with Gasteiger partial charge in [-0.05, 0) is 104 Å². The standard InChI is InChI=1S/C25H43NO6S/c1-15-9-11-24(3)17(13-15)14-21(31-33(29,30)32-26)23-19-7-6-18(16(2)5-8-22(27)28)25(19,4)12-10-20(23)24/h15-21,23H,5-14,26H2,1-4H3,(H,27,28)/t15-,16-,17+,18-,19+,20+,21+,23+,24+,25-/m1/s1. The molecule has 0 aromatic carbocycles. The quantitative estimate of drug-likeness (QED) is 0.492. The summed E-state index contributed by atoms with van der Waals surface area (Å²) in [6.07, 6.45) is 9.17. The number of nitrogens with two attached hydrogens (primary N) is 1. The van der Waals surface area contributed by atoms with Gasteiger partial charge in [-0.2, -0.15) is 18.6 Å². The molecule has 0 aliphatic heterocycles. The van der Waals surface area contributed by atoms with Crippen molar-refractivity contribution < 1.29 is 26.8 Å². The molecule has 0 amide bonds.